The molecule has 0 bridgehead atoms. The molecule has 4 rings (SSSR count). The summed E-state index contributed by atoms with van der Waals surface area (Å²) in [7, 11) is 0. The first-order valence-electron chi connectivity index (χ1n) is 14.7. The number of fused-ring (bicyclic) bond motifs is 1. The van der Waals surface area contributed by atoms with Gasteiger partial charge in [0.05, 0.1) is 5.92 Å². The molecule has 1 aromatic carbocycles. The van der Waals surface area contributed by atoms with Crippen molar-refractivity contribution in [1.82, 2.24) is 0 Å². The van der Waals surface area contributed by atoms with E-state index in [9.17, 15) is 9.18 Å². The molecule has 4 atom stereocenters. The van der Waals surface area contributed by atoms with Gasteiger partial charge in [-0.15, -0.1) is 6.58 Å². The smallest absolute Gasteiger partial charge is 0.314 e. The number of aryl methyl sites for hydroxylation is 1. The molecule has 1 aromatic rings. The van der Waals surface area contributed by atoms with Crippen LogP contribution in [0.5, 0.6) is 5.75 Å². The average Bonchev–Trinajstić information content (AvgIpc) is 2.88. The molecule has 4 unspecified atom stereocenters. The van der Waals surface area contributed by atoms with Crippen molar-refractivity contribution in [2.75, 3.05) is 0 Å². The van der Waals surface area contributed by atoms with Gasteiger partial charge in [-0.1, -0.05) is 70.4 Å². The maximum absolute atomic E-state index is 14.6. The van der Waals surface area contributed by atoms with Gasteiger partial charge in [-0.05, 0) is 98.7 Å². The fraction of sp³-hybridized carbons (Fsp3) is 0.719. The number of carbonyl (C=O) groups excluding carboxylic acids is 1. The molecule has 0 aromatic heterocycles. The van der Waals surface area contributed by atoms with E-state index in [1.165, 1.54) is 76.7 Å². The molecule has 194 valence electrons. The van der Waals surface area contributed by atoms with Crippen LogP contribution in [-0.4, -0.2) is 5.97 Å². The van der Waals surface area contributed by atoms with Gasteiger partial charge in [-0.25, -0.2) is 4.39 Å². The van der Waals surface area contributed by atoms with Crippen molar-refractivity contribution in [3.8, 4) is 5.75 Å². The normalized spacial score (nSPS) is 30.9. The Morgan fingerprint density at radius 2 is 1.83 bits per heavy atom. The Hall–Kier alpha value is -1.64. The van der Waals surface area contributed by atoms with E-state index >= 15 is 0 Å². The third-order valence-corrected chi connectivity index (χ3v) is 9.61. The molecular formula is C32H47FO2. The minimum Gasteiger partial charge on any atom is -0.423 e. The van der Waals surface area contributed by atoms with E-state index in [-0.39, 0.29) is 17.6 Å². The molecule has 3 fully saturated rings. The number of carbonyl (C=O) groups is 1. The van der Waals surface area contributed by atoms with Gasteiger partial charge in [0.15, 0.2) is 11.6 Å². The number of esters is 1. The standard InChI is InChI=1S/C32H47FO2/c1-3-5-7-10-23-13-16-25(17-14-23)26-18-19-28-27(22-26)11-8-12-29(28)32(34)35-31-20-15-24(9-6-4-2)21-30(31)33/h4,15,20-21,23,25-29H,2-3,5-14,16-19,22H2,1H3. The first-order valence-corrected chi connectivity index (χ1v) is 14.7. The maximum Gasteiger partial charge on any atom is 0.314 e. The largest absolute Gasteiger partial charge is 0.423 e. The Morgan fingerprint density at radius 1 is 1.03 bits per heavy atom. The summed E-state index contributed by atoms with van der Waals surface area (Å²) in [5, 5.41) is 0. The maximum atomic E-state index is 14.6. The van der Waals surface area contributed by atoms with Gasteiger partial charge in [0.1, 0.15) is 0 Å². The van der Waals surface area contributed by atoms with Gasteiger partial charge in [0.2, 0.25) is 0 Å². The highest BCUT2D eigenvalue weighted by Gasteiger charge is 2.43. The lowest BCUT2D eigenvalue weighted by Gasteiger charge is -2.46. The minimum absolute atomic E-state index is 0.0659. The van der Waals surface area contributed by atoms with Gasteiger partial charge >= 0.3 is 5.97 Å². The van der Waals surface area contributed by atoms with Crippen LogP contribution in [0.15, 0.2) is 30.9 Å². The highest BCUT2D eigenvalue weighted by Crippen LogP contribution is 2.50. The fourth-order valence-electron chi connectivity index (χ4n) is 7.59. The topological polar surface area (TPSA) is 26.3 Å². The summed E-state index contributed by atoms with van der Waals surface area (Å²) < 4.78 is 20.3. The molecule has 0 saturated heterocycles. The SMILES string of the molecule is C=CCCc1ccc(OC(=O)C2CCCC3CC(C4CCC(CCCCC)CC4)CCC32)c(F)c1. The molecule has 0 N–H and O–H groups in total. The number of unbranched alkanes of at least 4 members (excludes halogenated alkanes) is 2. The van der Waals surface area contributed by atoms with Crippen molar-refractivity contribution in [3.05, 3.63) is 42.2 Å². The predicted molar refractivity (Wildman–Crippen MR) is 142 cm³/mol. The van der Waals surface area contributed by atoms with Crippen molar-refractivity contribution >= 4 is 5.97 Å². The third-order valence-electron chi connectivity index (χ3n) is 9.61. The second kappa shape index (κ2) is 13.1. The number of hydrogen-bond acceptors (Lipinski definition) is 2. The van der Waals surface area contributed by atoms with Crippen molar-refractivity contribution in [2.24, 2.45) is 35.5 Å². The number of hydrogen-bond donors (Lipinski definition) is 0. The highest BCUT2D eigenvalue weighted by atomic mass is 19.1. The van der Waals surface area contributed by atoms with Crippen LogP contribution < -0.4 is 4.74 Å². The van der Waals surface area contributed by atoms with E-state index in [4.69, 9.17) is 4.74 Å². The number of halogens is 1. The number of rotatable bonds is 10. The van der Waals surface area contributed by atoms with E-state index in [1.54, 1.807) is 6.07 Å². The molecule has 0 spiro atoms. The lowest BCUT2D eigenvalue weighted by molar-refractivity contribution is -0.144. The zero-order valence-corrected chi connectivity index (χ0v) is 22.0. The molecule has 3 aliphatic rings. The molecule has 0 aliphatic heterocycles. The summed E-state index contributed by atoms with van der Waals surface area (Å²) in [6, 6.07) is 4.99. The van der Waals surface area contributed by atoms with Gasteiger partial charge in [-0.2, -0.15) is 0 Å². The summed E-state index contributed by atoms with van der Waals surface area (Å²) in [5.41, 5.74) is 0.910. The Kier molecular flexibility index (Phi) is 9.86. The zero-order valence-electron chi connectivity index (χ0n) is 22.0. The van der Waals surface area contributed by atoms with Crippen LogP contribution in [0.3, 0.4) is 0 Å². The van der Waals surface area contributed by atoms with Crippen molar-refractivity contribution < 1.29 is 13.9 Å². The van der Waals surface area contributed by atoms with E-state index < -0.39 is 5.82 Å². The predicted octanol–water partition coefficient (Wildman–Crippen LogP) is 9.07. The van der Waals surface area contributed by atoms with E-state index in [0.29, 0.717) is 11.8 Å². The Labute approximate surface area is 213 Å². The number of ether oxygens (including phenoxy) is 1. The van der Waals surface area contributed by atoms with Crippen molar-refractivity contribution in [1.29, 1.82) is 0 Å². The summed E-state index contributed by atoms with van der Waals surface area (Å²) in [6.07, 6.45) is 21.6. The second-order valence-corrected chi connectivity index (χ2v) is 11.8. The van der Waals surface area contributed by atoms with Gasteiger partial charge in [0.25, 0.3) is 0 Å². The van der Waals surface area contributed by atoms with Crippen LogP contribution in [0.1, 0.15) is 109 Å². The first kappa shape index (κ1) is 26.4. The molecule has 3 heteroatoms. The summed E-state index contributed by atoms with van der Waals surface area (Å²) in [6.45, 7) is 6.02. The summed E-state index contributed by atoms with van der Waals surface area (Å²) in [5.74, 6) is 3.18. The average molecular weight is 483 g/mol. The molecule has 0 amide bonds. The number of benzene rings is 1. The molecule has 35 heavy (non-hydrogen) atoms. The van der Waals surface area contributed by atoms with E-state index in [1.807, 2.05) is 12.1 Å². The minimum atomic E-state index is -0.429. The van der Waals surface area contributed by atoms with Crippen LogP contribution in [-0.2, 0) is 11.2 Å². The van der Waals surface area contributed by atoms with Crippen LogP contribution in [0.2, 0.25) is 0 Å². The quantitative estimate of drug-likeness (QED) is 0.144. The lowest BCUT2D eigenvalue weighted by atomic mass is 9.59. The fourth-order valence-corrected chi connectivity index (χ4v) is 7.59. The van der Waals surface area contributed by atoms with Crippen LogP contribution in [0, 0.1) is 41.3 Å². The van der Waals surface area contributed by atoms with E-state index in [0.717, 1.165) is 55.4 Å². The number of allylic oxidation sites excluding steroid dienone is 1. The monoisotopic (exact) mass is 482 g/mol. The lowest BCUT2D eigenvalue weighted by Crippen LogP contribution is -2.40. The van der Waals surface area contributed by atoms with E-state index in [2.05, 4.69) is 13.5 Å². The van der Waals surface area contributed by atoms with Gasteiger partial charge in [-0.3, -0.25) is 4.79 Å². The Balaban J connectivity index is 1.28. The molecule has 2 nitrogen and oxygen atoms in total. The van der Waals surface area contributed by atoms with Crippen molar-refractivity contribution in [2.45, 2.75) is 110 Å². The van der Waals surface area contributed by atoms with Gasteiger partial charge in [0, 0.05) is 0 Å². The molecule has 3 aliphatic carbocycles. The van der Waals surface area contributed by atoms with Crippen LogP contribution in [0.4, 0.5) is 4.39 Å². The van der Waals surface area contributed by atoms with Crippen molar-refractivity contribution in [3.63, 3.8) is 0 Å². The zero-order chi connectivity index (χ0) is 24.6. The second-order valence-electron chi connectivity index (χ2n) is 11.8. The molecular weight excluding hydrogens is 435 g/mol. The molecule has 0 heterocycles. The van der Waals surface area contributed by atoms with Crippen LogP contribution in [0.25, 0.3) is 0 Å². The summed E-state index contributed by atoms with van der Waals surface area (Å²) in [4.78, 5) is 13.2. The first-order chi connectivity index (χ1) is 17.1. The molecule has 0 radical (unpaired) electrons. The Morgan fingerprint density at radius 3 is 2.57 bits per heavy atom. The van der Waals surface area contributed by atoms with Gasteiger partial charge < -0.3 is 4.74 Å². The Bertz CT molecular complexity index is 825. The highest BCUT2D eigenvalue weighted by molar-refractivity contribution is 5.75. The molecule has 3 saturated carbocycles. The summed E-state index contributed by atoms with van der Waals surface area (Å²) >= 11 is 0. The van der Waals surface area contributed by atoms with Crippen LogP contribution >= 0.6 is 0 Å². The third kappa shape index (κ3) is 6.98.